The molecule has 1 fully saturated rings. The molecule has 0 aliphatic heterocycles. The van der Waals surface area contributed by atoms with E-state index < -0.39 is 16.8 Å². The van der Waals surface area contributed by atoms with Crippen LogP contribution in [0.3, 0.4) is 0 Å². The number of thioether (sulfide) groups is 1. The number of fused-ring (bicyclic) bond motifs is 1. The average molecular weight is 619 g/mol. The van der Waals surface area contributed by atoms with Crippen LogP contribution in [0, 0.1) is 11.5 Å². The Morgan fingerprint density at radius 1 is 1.21 bits per heavy atom. The molecule has 0 bridgehead atoms. The Balaban J connectivity index is 1.41. The molecule has 1 unspecified atom stereocenters. The van der Waals surface area contributed by atoms with Crippen molar-refractivity contribution in [1.29, 1.82) is 5.26 Å². The molecule has 0 radical (unpaired) electrons. The van der Waals surface area contributed by atoms with Gasteiger partial charge in [-0.3, -0.25) is 15.5 Å². The maximum absolute atomic E-state index is 13.5. The summed E-state index contributed by atoms with van der Waals surface area (Å²) in [5.74, 6) is 1.06. The van der Waals surface area contributed by atoms with Crippen molar-refractivity contribution < 1.29 is 9.53 Å². The van der Waals surface area contributed by atoms with Gasteiger partial charge < -0.3 is 14.5 Å². The van der Waals surface area contributed by atoms with Crippen LogP contribution in [0.1, 0.15) is 56.4 Å². The third kappa shape index (κ3) is 7.90. The number of ether oxygens (including phenoxy) is 1. The Kier molecular flexibility index (Phi) is 9.01. The number of carbonyl (C=O) groups is 1. The predicted octanol–water partition coefficient (Wildman–Crippen LogP) is 6.45. The molecule has 1 amide bonds. The van der Waals surface area contributed by atoms with E-state index in [4.69, 9.17) is 21.3 Å². The predicted molar refractivity (Wildman–Crippen MR) is 171 cm³/mol. The maximum atomic E-state index is 13.5. The monoisotopic (exact) mass is 618 g/mol. The zero-order chi connectivity index (χ0) is 30.6. The highest BCUT2D eigenvalue weighted by Gasteiger charge is 2.30. The molecule has 1 aliphatic carbocycles. The molecule has 4 aromatic rings. The average Bonchev–Trinajstić information content (AvgIpc) is 3.73. The van der Waals surface area contributed by atoms with Gasteiger partial charge in [-0.25, -0.2) is 14.8 Å². The van der Waals surface area contributed by atoms with Gasteiger partial charge in [-0.2, -0.15) is 5.26 Å². The SMILES string of the molecule is CSC(NC#N)(NCc1cccc(Cl)c1)Nc1cc(N(Cc2cn3cc(C4CC4)ccc3n2)C(=O)OC(C)(C)C)ccn1. The van der Waals surface area contributed by atoms with Gasteiger partial charge in [0.25, 0.3) is 0 Å². The lowest BCUT2D eigenvalue weighted by atomic mass is 10.2. The van der Waals surface area contributed by atoms with Gasteiger partial charge in [0.1, 0.15) is 17.1 Å². The molecule has 43 heavy (non-hydrogen) atoms. The first-order valence-electron chi connectivity index (χ1n) is 14.0. The summed E-state index contributed by atoms with van der Waals surface area (Å²) in [5, 5.41) is 18.6. The number of amides is 1. The minimum absolute atomic E-state index is 0.190. The lowest BCUT2D eigenvalue weighted by molar-refractivity contribution is 0.0577. The van der Waals surface area contributed by atoms with Crippen LogP contribution in [0.15, 0.2) is 67.1 Å². The molecule has 224 valence electrons. The molecule has 10 nitrogen and oxygen atoms in total. The molecule has 1 aliphatic rings. The molecule has 0 saturated heterocycles. The zero-order valence-corrected chi connectivity index (χ0v) is 26.2. The minimum Gasteiger partial charge on any atom is -0.443 e. The molecule has 3 heterocycles. The number of imidazole rings is 1. The summed E-state index contributed by atoms with van der Waals surface area (Å²) in [5.41, 5.74) is 3.65. The lowest BCUT2D eigenvalue weighted by Crippen LogP contribution is -2.58. The first-order valence-corrected chi connectivity index (χ1v) is 15.6. The molecule has 5 rings (SSSR count). The van der Waals surface area contributed by atoms with Crippen LogP contribution in [-0.2, 0) is 17.8 Å². The molecule has 1 atom stereocenters. The van der Waals surface area contributed by atoms with Crippen molar-refractivity contribution in [3.8, 4) is 6.19 Å². The van der Waals surface area contributed by atoms with Crippen molar-refractivity contribution in [2.45, 2.75) is 63.3 Å². The summed E-state index contributed by atoms with van der Waals surface area (Å²) in [7, 11) is 0. The highest BCUT2D eigenvalue weighted by Crippen LogP contribution is 2.40. The number of benzene rings is 1. The number of nitrogens with one attached hydrogen (secondary N) is 3. The van der Waals surface area contributed by atoms with Crippen LogP contribution >= 0.6 is 23.4 Å². The second-order valence-electron chi connectivity index (χ2n) is 11.4. The van der Waals surface area contributed by atoms with Crippen molar-refractivity contribution >= 4 is 46.6 Å². The summed E-state index contributed by atoms with van der Waals surface area (Å²) in [6, 6.07) is 15.1. The molecule has 12 heteroatoms. The number of halogens is 1. The molecular weight excluding hydrogens is 584 g/mol. The Labute approximate surface area is 260 Å². The molecule has 0 spiro atoms. The van der Waals surface area contributed by atoms with E-state index in [1.165, 1.54) is 30.2 Å². The van der Waals surface area contributed by atoms with Crippen LogP contribution in [0.4, 0.5) is 16.3 Å². The summed E-state index contributed by atoms with van der Waals surface area (Å²) >= 11 is 7.51. The van der Waals surface area contributed by atoms with Crippen molar-refractivity contribution in [2.75, 3.05) is 16.5 Å². The van der Waals surface area contributed by atoms with Gasteiger partial charge in [-0.05, 0) is 81.2 Å². The number of pyridine rings is 2. The Morgan fingerprint density at radius 3 is 2.72 bits per heavy atom. The summed E-state index contributed by atoms with van der Waals surface area (Å²) in [4.78, 5) is 24.3. The van der Waals surface area contributed by atoms with Gasteiger partial charge in [0, 0.05) is 36.2 Å². The largest absolute Gasteiger partial charge is 0.443 e. The van der Waals surface area contributed by atoms with Gasteiger partial charge in [-0.15, -0.1) is 0 Å². The van der Waals surface area contributed by atoms with E-state index in [0.29, 0.717) is 29.0 Å². The second-order valence-corrected chi connectivity index (χ2v) is 12.9. The fourth-order valence-corrected chi connectivity index (χ4v) is 5.40. The van der Waals surface area contributed by atoms with Gasteiger partial charge in [-0.1, -0.05) is 41.6 Å². The first kappa shape index (κ1) is 30.5. The van der Waals surface area contributed by atoms with Crippen LogP contribution in [0.5, 0.6) is 0 Å². The highest BCUT2D eigenvalue weighted by molar-refractivity contribution is 8.00. The molecular formula is C31H35ClN8O2S. The zero-order valence-electron chi connectivity index (χ0n) is 24.6. The van der Waals surface area contributed by atoms with E-state index in [1.54, 1.807) is 23.2 Å². The van der Waals surface area contributed by atoms with Gasteiger partial charge >= 0.3 is 6.09 Å². The van der Waals surface area contributed by atoms with Crippen molar-refractivity contribution in [3.05, 3.63) is 89.0 Å². The summed E-state index contributed by atoms with van der Waals surface area (Å²) < 4.78 is 7.80. The molecule has 3 aromatic heterocycles. The van der Waals surface area contributed by atoms with Crippen molar-refractivity contribution in [1.82, 2.24) is 25.0 Å². The number of hydrogen-bond donors (Lipinski definition) is 3. The number of carbonyl (C=O) groups excluding carboxylic acids is 1. The smallest absolute Gasteiger partial charge is 0.415 e. The highest BCUT2D eigenvalue weighted by atomic mass is 35.5. The first-order chi connectivity index (χ1) is 20.6. The van der Waals surface area contributed by atoms with E-state index in [9.17, 15) is 10.1 Å². The quantitative estimate of drug-likeness (QED) is 0.0989. The van der Waals surface area contributed by atoms with Crippen molar-refractivity contribution in [2.24, 2.45) is 0 Å². The molecule has 1 saturated carbocycles. The van der Waals surface area contributed by atoms with E-state index in [2.05, 4.69) is 33.2 Å². The summed E-state index contributed by atoms with van der Waals surface area (Å²) in [6.45, 7) is 6.11. The van der Waals surface area contributed by atoms with Gasteiger partial charge in [0.05, 0.1) is 17.9 Å². The maximum Gasteiger partial charge on any atom is 0.415 e. The van der Waals surface area contributed by atoms with Crippen LogP contribution in [0.2, 0.25) is 5.02 Å². The van der Waals surface area contributed by atoms with Gasteiger partial charge in [0.15, 0.2) is 6.19 Å². The normalized spacial score (nSPS) is 14.5. The Hall–Kier alpha value is -3.98. The number of nitrogens with zero attached hydrogens (tertiary/aromatic N) is 5. The number of anilines is 2. The lowest BCUT2D eigenvalue weighted by Gasteiger charge is -2.33. The third-order valence-corrected chi connectivity index (χ3v) is 8.03. The number of aromatic nitrogens is 3. The second kappa shape index (κ2) is 12.7. The van der Waals surface area contributed by atoms with Crippen molar-refractivity contribution in [3.63, 3.8) is 0 Å². The Morgan fingerprint density at radius 2 is 2.02 bits per heavy atom. The fourth-order valence-electron chi connectivity index (χ4n) is 4.62. The Bertz CT molecular complexity index is 1640. The van der Waals surface area contributed by atoms with E-state index >= 15 is 0 Å². The van der Waals surface area contributed by atoms with E-state index in [0.717, 1.165) is 16.9 Å². The standard InChI is InChI=1S/C31H35ClN8O2S/c1-30(2,3)42-29(41)40(19-25-18-39-17-23(22-8-9-22)10-11-28(39)37-25)26-12-13-34-27(15-26)38-31(43-4,36-20-33)35-16-21-6-5-7-24(32)14-21/h5-7,10-15,17-18,22,35-36H,8-9,16,19H2,1-4H3,(H,34,38). The fraction of sp³-hybridized carbons (Fsp3) is 0.355. The van der Waals surface area contributed by atoms with Crippen LogP contribution < -0.4 is 20.9 Å². The topological polar surface area (TPSA) is 120 Å². The third-order valence-electron chi connectivity index (χ3n) is 6.83. The van der Waals surface area contributed by atoms with Crippen LogP contribution in [-0.4, -0.2) is 37.4 Å². The number of hydrogen-bond acceptors (Lipinski definition) is 9. The summed E-state index contributed by atoms with van der Waals surface area (Å²) in [6.07, 6.45) is 11.5. The van der Waals surface area contributed by atoms with E-state index in [1.807, 2.05) is 74.1 Å². The number of nitriles is 1. The number of rotatable bonds is 11. The van der Waals surface area contributed by atoms with Crippen LogP contribution in [0.25, 0.3) is 5.65 Å². The van der Waals surface area contributed by atoms with E-state index in [-0.39, 0.29) is 6.54 Å². The van der Waals surface area contributed by atoms with Gasteiger partial charge in [0.2, 0.25) is 5.12 Å². The molecule has 1 aromatic carbocycles. The molecule has 3 N–H and O–H groups in total. The minimum atomic E-state index is -1.10.